The molecule has 0 aromatic heterocycles. The van der Waals surface area contributed by atoms with Gasteiger partial charge in [-0.3, -0.25) is 9.59 Å². The highest BCUT2D eigenvalue weighted by Gasteiger charge is 2.20. The smallest absolute Gasteiger partial charge is 0.231 e. The van der Waals surface area contributed by atoms with Crippen LogP contribution < -0.4 is 19.5 Å². The van der Waals surface area contributed by atoms with E-state index < -0.39 is 0 Å². The first-order valence-corrected chi connectivity index (χ1v) is 8.39. The van der Waals surface area contributed by atoms with Crippen LogP contribution in [0.4, 0.5) is 5.69 Å². The molecule has 0 aliphatic carbocycles. The monoisotopic (exact) mass is 355 g/mol. The maximum atomic E-state index is 12.3. The molecule has 136 valence electrons. The van der Waals surface area contributed by atoms with Gasteiger partial charge in [0.2, 0.25) is 12.7 Å². The maximum absolute atomic E-state index is 12.3. The molecule has 0 saturated heterocycles. The van der Waals surface area contributed by atoms with Gasteiger partial charge in [-0.25, -0.2) is 0 Å². The second kappa shape index (κ2) is 7.47. The predicted molar refractivity (Wildman–Crippen MR) is 97.2 cm³/mol. The van der Waals surface area contributed by atoms with Crippen LogP contribution in [0.5, 0.6) is 17.2 Å². The topological polar surface area (TPSA) is 73.9 Å². The predicted octanol–water partition coefficient (Wildman–Crippen LogP) is 3.64. The number of benzene rings is 2. The quantitative estimate of drug-likeness (QED) is 0.801. The molecular weight excluding hydrogens is 334 g/mol. The Hall–Kier alpha value is -3.02. The molecule has 0 saturated carbocycles. The van der Waals surface area contributed by atoms with Crippen molar-refractivity contribution in [2.45, 2.75) is 27.2 Å². The summed E-state index contributed by atoms with van der Waals surface area (Å²) in [6, 6.07) is 9.10. The summed E-state index contributed by atoms with van der Waals surface area (Å²) in [4.78, 5) is 24.1. The molecule has 3 rings (SSSR count). The molecule has 0 atom stereocenters. The lowest BCUT2D eigenvalue weighted by molar-refractivity contribution is -0.116. The van der Waals surface area contributed by atoms with Crippen molar-refractivity contribution < 1.29 is 23.8 Å². The average molecular weight is 355 g/mol. The molecule has 6 heteroatoms. The van der Waals surface area contributed by atoms with Crippen LogP contribution >= 0.6 is 0 Å². The number of aryl methyl sites for hydroxylation is 2. The van der Waals surface area contributed by atoms with Crippen molar-refractivity contribution >= 4 is 17.4 Å². The normalized spacial score (nSPS) is 12.0. The van der Waals surface area contributed by atoms with E-state index in [9.17, 15) is 9.59 Å². The summed E-state index contributed by atoms with van der Waals surface area (Å²) in [5.74, 6) is 1.42. The minimum Gasteiger partial charge on any atom is -0.493 e. The Balaban J connectivity index is 1.64. The lowest BCUT2D eigenvalue weighted by Gasteiger charge is -2.13. The third-order valence-electron chi connectivity index (χ3n) is 4.15. The van der Waals surface area contributed by atoms with Crippen LogP contribution in [0.3, 0.4) is 0 Å². The molecule has 6 nitrogen and oxygen atoms in total. The summed E-state index contributed by atoms with van der Waals surface area (Å²) >= 11 is 0. The molecule has 2 aromatic rings. The number of Topliss-reactive ketones (excluding diaryl/α,β-unsaturated/α-hetero) is 1. The van der Waals surface area contributed by atoms with E-state index in [1.54, 1.807) is 12.1 Å². The number of hydrogen-bond donors (Lipinski definition) is 1. The number of hydrogen-bond acceptors (Lipinski definition) is 5. The van der Waals surface area contributed by atoms with Gasteiger partial charge < -0.3 is 19.5 Å². The summed E-state index contributed by atoms with van der Waals surface area (Å²) in [7, 11) is 0. The summed E-state index contributed by atoms with van der Waals surface area (Å²) in [5.41, 5.74) is 2.86. The number of anilines is 1. The van der Waals surface area contributed by atoms with Gasteiger partial charge in [0.05, 0.1) is 18.7 Å². The Labute approximate surface area is 152 Å². The Morgan fingerprint density at radius 1 is 1.12 bits per heavy atom. The summed E-state index contributed by atoms with van der Waals surface area (Å²) < 4.78 is 16.3. The molecule has 0 bridgehead atoms. The first-order valence-electron chi connectivity index (χ1n) is 8.39. The lowest BCUT2D eigenvalue weighted by atomic mass is 10.1. The summed E-state index contributed by atoms with van der Waals surface area (Å²) in [5, 5.41) is 2.76. The maximum Gasteiger partial charge on any atom is 0.231 e. The van der Waals surface area contributed by atoms with E-state index in [0.29, 0.717) is 22.7 Å². The fourth-order valence-electron chi connectivity index (χ4n) is 2.82. The molecule has 1 aliphatic rings. The van der Waals surface area contributed by atoms with Crippen molar-refractivity contribution in [3.05, 3.63) is 47.0 Å². The van der Waals surface area contributed by atoms with E-state index in [2.05, 4.69) is 5.32 Å². The van der Waals surface area contributed by atoms with Gasteiger partial charge in [-0.2, -0.15) is 0 Å². The number of nitrogens with one attached hydrogen (secondary N) is 1. The molecular formula is C20H21NO5. The van der Waals surface area contributed by atoms with Gasteiger partial charge in [-0.1, -0.05) is 18.2 Å². The zero-order valence-electron chi connectivity index (χ0n) is 15.0. The van der Waals surface area contributed by atoms with E-state index in [0.717, 1.165) is 16.9 Å². The standard InChI is InChI=1S/C20H21NO5/c1-12-5-4-6-13(2)20(12)24-8-7-19(23)21-16-10-18-17(25-11-26-18)9-15(16)14(3)22/h4-6,9-10H,7-8,11H2,1-3H3,(H,21,23). The van der Waals surface area contributed by atoms with Crippen molar-refractivity contribution in [3.8, 4) is 17.2 Å². The molecule has 2 aromatic carbocycles. The zero-order chi connectivity index (χ0) is 18.7. The molecule has 0 unspecified atom stereocenters. The molecule has 1 N–H and O–H groups in total. The third-order valence-corrected chi connectivity index (χ3v) is 4.15. The average Bonchev–Trinajstić information content (AvgIpc) is 3.04. The van der Waals surface area contributed by atoms with Crippen molar-refractivity contribution in [3.63, 3.8) is 0 Å². The second-order valence-corrected chi connectivity index (χ2v) is 6.17. The Morgan fingerprint density at radius 2 is 1.77 bits per heavy atom. The van der Waals surface area contributed by atoms with E-state index in [4.69, 9.17) is 14.2 Å². The van der Waals surface area contributed by atoms with Gasteiger partial charge in [0, 0.05) is 11.6 Å². The Bertz CT molecular complexity index is 839. The number of ether oxygens (including phenoxy) is 3. The van der Waals surface area contributed by atoms with Crippen molar-refractivity contribution in [2.24, 2.45) is 0 Å². The Morgan fingerprint density at radius 3 is 2.42 bits per heavy atom. The molecule has 0 fully saturated rings. The fourth-order valence-corrected chi connectivity index (χ4v) is 2.82. The lowest BCUT2D eigenvalue weighted by Crippen LogP contribution is -2.17. The minimum atomic E-state index is -0.238. The zero-order valence-corrected chi connectivity index (χ0v) is 15.0. The molecule has 26 heavy (non-hydrogen) atoms. The van der Waals surface area contributed by atoms with Crippen molar-refractivity contribution in [1.82, 2.24) is 0 Å². The van der Waals surface area contributed by atoms with Gasteiger partial charge in [0.15, 0.2) is 17.3 Å². The van der Waals surface area contributed by atoms with Gasteiger partial charge in [-0.05, 0) is 38.0 Å². The number of ketones is 1. The SMILES string of the molecule is CC(=O)c1cc2c(cc1NC(=O)CCOc1c(C)cccc1C)OCO2. The first kappa shape index (κ1) is 17.8. The largest absolute Gasteiger partial charge is 0.493 e. The molecule has 1 aliphatic heterocycles. The van der Waals surface area contributed by atoms with Crippen LogP contribution in [-0.2, 0) is 4.79 Å². The van der Waals surface area contributed by atoms with Crippen LogP contribution in [0.25, 0.3) is 0 Å². The highest BCUT2D eigenvalue weighted by Crippen LogP contribution is 2.37. The van der Waals surface area contributed by atoms with E-state index in [-0.39, 0.29) is 31.5 Å². The Kier molecular flexibility index (Phi) is 5.11. The van der Waals surface area contributed by atoms with Gasteiger partial charge >= 0.3 is 0 Å². The van der Waals surface area contributed by atoms with Gasteiger partial charge in [0.25, 0.3) is 0 Å². The number of amides is 1. The van der Waals surface area contributed by atoms with E-state index in [1.807, 2.05) is 32.0 Å². The summed E-state index contributed by atoms with van der Waals surface area (Å²) in [6.45, 7) is 5.73. The van der Waals surface area contributed by atoms with Gasteiger partial charge in [0.1, 0.15) is 5.75 Å². The van der Waals surface area contributed by atoms with E-state index in [1.165, 1.54) is 6.92 Å². The minimum absolute atomic E-state index is 0.105. The van der Waals surface area contributed by atoms with Crippen LogP contribution in [0.1, 0.15) is 34.8 Å². The highest BCUT2D eigenvalue weighted by molar-refractivity contribution is 6.04. The van der Waals surface area contributed by atoms with Crippen molar-refractivity contribution in [1.29, 1.82) is 0 Å². The molecule has 1 amide bonds. The number of carbonyl (C=O) groups is 2. The van der Waals surface area contributed by atoms with Crippen LogP contribution in [-0.4, -0.2) is 25.1 Å². The highest BCUT2D eigenvalue weighted by atomic mass is 16.7. The van der Waals surface area contributed by atoms with Crippen LogP contribution in [0, 0.1) is 13.8 Å². The number of rotatable bonds is 6. The fraction of sp³-hybridized carbons (Fsp3) is 0.300. The van der Waals surface area contributed by atoms with Crippen LogP contribution in [0.15, 0.2) is 30.3 Å². The number of carbonyl (C=O) groups excluding carboxylic acids is 2. The first-order chi connectivity index (χ1) is 12.5. The van der Waals surface area contributed by atoms with Crippen molar-refractivity contribution in [2.75, 3.05) is 18.7 Å². The molecule has 1 heterocycles. The van der Waals surface area contributed by atoms with Gasteiger partial charge in [-0.15, -0.1) is 0 Å². The molecule has 0 spiro atoms. The molecule has 0 radical (unpaired) electrons. The number of fused-ring (bicyclic) bond motifs is 1. The van der Waals surface area contributed by atoms with E-state index >= 15 is 0 Å². The number of para-hydroxylation sites is 1. The second-order valence-electron chi connectivity index (χ2n) is 6.17. The third kappa shape index (κ3) is 3.79. The van der Waals surface area contributed by atoms with Crippen LogP contribution in [0.2, 0.25) is 0 Å². The summed E-state index contributed by atoms with van der Waals surface area (Å²) in [6.07, 6.45) is 0.166.